The highest BCUT2D eigenvalue weighted by Crippen LogP contribution is 2.27. The summed E-state index contributed by atoms with van der Waals surface area (Å²) in [4.78, 5) is 39.2. The average Bonchev–Trinajstić information content (AvgIpc) is 2.98. The van der Waals surface area contributed by atoms with Crippen molar-refractivity contribution in [3.63, 3.8) is 0 Å². The molecule has 0 radical (unpaired) electrons. The number of fused-ring (bicyclic) bond motifs is 1. The molecule has 0 aliphatic carbocycles. The molecule has 1 aliphatic heterocycles. The van der Waals surface area contributed by atoms with Crippen LogP contribution in [0.5, 0.6) is 0 Å². The quantitative estimate of drug-likeness (QED) is 0.506. The minimum atomic E-state index is -0.369. The molecule has 2 aromatic rings. The summed E-state index contributed by atoms with van der Waals surface area (Å²) in [5.41, 5.74) is 6.18. The third-order valence-electron chi connectivity index (χ3n) is 4.11. The lowest BCUT2D eigenvalue weighted by atomic mass is 9.93. The van der Waals surface area contributed by atoms with Crippen LogP contribution in [0.15, 0.2) is 17.1 Å². The molecule has 0 atom stereocenters. The number of hydrazine groups is 1. The molecule has 3 N–H and O–H groups in total. The van der Waals surface area contributed by atoms with Crippen LogP contribution in [0.2, 0.25) is 0 Å². The van der Waals surface area contributed by atoms with Gasteiger partial charge in [-0.2, -0.15) is 5.10 Å². The predicted molar refractivity (Wildman–Crippen MR) is 82.0 cm³/mol. The molecule has 3 heterocycles. The van der Waals surface area contributed by atoms with Crippen molar-refractivity contribution in [2.45, 2.75) is 18.8 Å². The number of hydrogen-bond donors (Lipinski definition) is 3. The molecule has 2 amide bonds. The summed E-state index contributed by atoms with van der Waals surface area (Å²) in [6.07, 6.45) is 3.80. The van der Waals surface area contributed by atoms with Gasteiger partial charge in [0.05, 0.1) is 11.9 Å². The highest BCUT2D eigenvalue weighted by atomic mass is 16.2. The topological polar surface area (TPSA) is 112 Å². The SMILES string of the molecule is CNNC(=O)c1cnn2c(C3CCN(C=O)CC3)cc(=O)[nH]c12. The maximum atomic E-state index is 12.0. The molecule has 2 aromatic heterocycles. The lowest BCUT2D eigenvalue weighted by Gasteiger charge is -2.29. The van der Waals surface area contributed by atoms with Gasteiger partial charge in [0, 0.05) is 32.1 Å². The number of amides is 2. The zero-order valence-electron chi connectivity index (χ0n) is 12.7. The van der Waals surface area contributed by atoms with E-state index >= 15 is 0 Å². The van der Waals surface area contributed by atoms with Crippen LogP contribution in [-0.2, 0) is 4.79 Å². The standard InChI is InChI=1S/C14H18N6O3/c1-15-18-14(23)10-7-16-20-11(6-12(22)17-13(10)20)9-2-4-19(8-21)5-3-9/h6-9,15H,2-5H2,1H3,(H,17,22)(H,18,23). The van der Waals surface area contributed by atoms with Crippen LogP contribution < -0.4 is 16.4 Å². The van der Waals surface area contributed by atoms with E-state index in [-0.39, 0.29) is 17.4 Å². The van der Waals surface area contributed by atoms with Crippen molar-refractivity contribution in [2.75, 3.05) is 20.1 Å². The van der Waals surface area contributed by atoms with Crippen LogP contribution in [0, 0.1) is 0 Å². The Morgan fingerprint density at radius 2 is 2.17 bits per heavy atom. The van der Waals surface area contributed by atoms with Gasteiger partial charge in [0.15, 0.2) is 0 Å². The third kappa shape index (κ3) is 2.82. The van der Waals surface area contributed by atoms with Gasteiger partial charge in [-0.3, -0.25) is 19.8 Å². The second-order valence-electron chi connectivity index (χ2n) is 5.50. The van der Waals surface area contributed by atoms with Crippen molar-refractivity contribution in [2.24, 2.45) is 0 Å². The summed E-state index contributed by atoms with van der Waals surface area (Å²) in [5, 5.41) is 4.25. The molecule has 122 valence electrons. The summed E-state index contributed by atoms with van der Waals surface area (Å²) in [7, 11) is 1.58. The van der Waals surface area contributed by atoms with Gasteiger partial charge in [0.1, 0.15) is 11.2 Å². The first-order chi connectivity index (χ1) is 11.1. The Hall–Kier alpha value is -2.68. The first-order valence-electron chi connectivity index (χ1n) is 7.41. The smallest absolute Gasteiger partial charge is 0.270 e. The monoisotopic (exact) mass is 318 g/mol. The van der Waals surface area contributed by atoms with Gasteiger partial charge in [-0.1, -0.05) is 0 Å². The summed E-state index contributed by atoms with van der Waals surface area (Å²) < 4.78 is 1.60. The van der Waals surface area contributed by atoms with Crippen LogP contribution in [-0.4, -0.2) is 52.0 Å². The molecule has 3 rings (SSSR count). The minimum absolute atomic E-state index is 0.121. The van der Waals surface area contributed by atoms with Gasteiger partial charge < -0.3 is 9.88 Å². The molecule has 9 heteroatoms. The Labute approximate surface area is 131 Å². The van der Waals surface area contributed by atoms with Crippen LogP contribution >= 0.6 is 0 Å². The zero-order chi connectivity index (χ0) is 16.4. The number of nitrogens with zero attached hydrogens (tertiary/aromatic N) is 3. The van der Waals surface area contributed by atoms with Crippen molar-refractivity contribution in [1.82, 2.24) is 30.3 Å². The highest BCUT2D eigenvalue weighted by Gasteiger charge is 2.24. The van der Waals surface area contributed by atoms with E-state index in [1.807, 2.05) is 0 Å². The lowest BCUT2D eigenvalue weighted by Crippen LogP contribution is -2.34. The van der Waals surface area contributed by atoms with E-state index in [1.165, 1.54) is 12.3 Å². The van der Waals surface area contributed by atoms with Gasteiger partial charge >= 0.3 is 0 Å². The molecule has 1 saturated heterocycles. The maximum Gasteiger partial charge on any atom is 0.270 e. The Balaban J connectivity index is 2.00. The average molecular weight is 318 g/mol. The van der Waals surface area contributed by atoms with E-state index in [4.69, 9.17) is 0 Å². The van der Waals surface area contributed by atoms with Crippen molar-refractivity contribution < 1.29 is 9.59 Å². The fraction of sp³-hybridized carbons (Fsp3) is 0.429. The van der Waals surface area contributed by atoms with Gasteiger partial charge in [-0.15, -0.1) is 0 Å². The Morgan fingerprint density at radius 1 is 1.43 bits per heavy atom. The van der Waals surface area contributed by atoms with Gasteiger partial charge in [-0.05, 0) is 12.8 Å². The minimum Gasteiger partial charge on any atom is -0.345 e. The van der Waals surface area contributed by atoms with Crippen LogP contribution in [0.4, 0.5) is 0 Å². The molecule has 1 aliphatic rings. The lowest BCUT2D eigenvalue weighted by molar-refractivity contribution is -0.119. The summed E-state index contributed by atoms with van der Waals surface area (Å²) in [5.74, 6) is -0.248. The van der Waals surface area contributed by atoms with Gasteiger partial charge in [-0.25, -0.2) is 9.94 Å². The second-order valence-corrected chi connectivity index (χ2v) is 5.50. The van der Waals surface area contributed by atoms with Crippen LogP contribution in [0.3, 0.4) is 0 Å². The molecule has 1 fully saturated rings. The van der Waals surface area contributed by atoms with Crippen molar-refractivity contribution >= 4 is 18.0 Å². The van der Waals surface area contributed by atoms with Crippen LogP contribution in [0.25, 0.3) is 5.65 Å². The Kier molecular flexibility index (Phi) is 4.11. The predicted octanol–water partition coefficient (Wildman–Crippen LogP) is -0.777. The molecule has 9 nitrogen and oxygen atoms in total. The number of H-pyrrole nitrogens is 1. The molecule has 23 heavy (non-hydrogen) atoms. The van der Waals surface area contributed by atoms with E-state index in [0.29, 0.717) is 24.3 Å². The first kappa shape index (κ1) is 15.2. The number of hydrogen-bond acceptors (Lipinski definition) is 5. The summed E-state index contributed by atoms with van der Waals surface area (Å²) in [6, 6.07) is 1.51. The molecule has 0 unspecified atom stereocenters. The number of carbonyl (C=O) groups excluding carboxylic acids is 2. The third-order valence-corrected chi connectivity index (χ3v) is 4.11. The second kappa shape index (κ2) is 6.21. The van der Waals surface area contributed by atoms with E-state index in [1.54, 1.807) is 16.5 Å². The molecule has 0 saturated carbocycles. The number of rotatable bonds is 4. The number of aromatic nitrogens is 3. The molecule has 0 spiro atoms. The molecule has 0 bridgehead atoms. The number of nitrogens with one attached hydrogen (secondary N) is 3. The maximum absolute atomic E-state index is 12.0. The van der Waals surface area contributed by atoms with Crippen molar-refractivity contribution in [1.29, 1.82) is 0 Å². The summed E-state index contributed by atoms with van der Waals surface area (Å²) >= 11 is 0. The van der Waals surface area contributed by atoms with E-state index < -0.39 is 0 Å². The largest absolute Gasteiger partial charge is 0.345 e. The Morgan fingerprint density at radius 3 is 2.83 bits per heavy atom. The van der Waals surface area contributed by atoms with Crippen molar-refractivity contribution in [3.8, 4) is 0 Å². The number of piperidine rings is 1. The van der Waals surface area contributed by atoms with Gasteiger partial charge in [0.2, 0.25) is 6.41 Å². The first-order valence-corrected chi connectivity index (χ1v) is 7.41. The molecule has 0 aromatic carbocycles. The van der Waals surface area contributed by atoms with E-state index in [0.717, 1.165) is 24.9 Å². The van der Waals surface area contributed by atoms with Crippen LogP contribution in [0.1, 0.15) is 34.8 Å². The summed E-state index contributed by atoms with van der Waals surface area (Å²) in [6.45, 7) is 1.30. The Bertz CT molecular complexity index is 787. The van der Waals surface area contributed by atoms with Crippen molar-refractivity contribution in [3.05, 3.63) is 33.9 Å². The molecular weight excluding hydrogens is 300 g/mol. The zero-order valence-corrected chi connectivity index (χ0v) is 12.7. The fourth-order valence-corrected chi connectivity index (χ4v) is 2.95. The van der Waals surface area contributed by atoms with E-state index in [2.05, 4.69) is 20.9 Å². The van der Waals surface area contributed by atoms with E-state index in [9.17, 15) is 14.4 Å². The molecular formula is C14H18N6O3. The highest BCUT2D eigenvalue weighted by molar-refractivity contribution is 5.99. The normalized spacial score (nSPS) is 15.8. The number of likely N-dealkylation sites (tertiary alicyclic amines) is 1. The number of carbonyl (C=O) groups is 2. The number of aromatic amines is 1. The van der Waals surface area contributed by atoms with Gasteiger partial charge in [0.25, 0.3) is 11.5 Å². The fourth-order valence-electron chi connectivity index (χ4n) is 2.95.